The summed E-state index contributed by atoms with van der Waals surface area (Å²) < 4.78 is 15.8. The van der Waals surface area contributed by atoms with Crippen molar-refractivity contribution in [1.82, 2.24) is 0 Å². The summed E-state index contributed by atoms with van der Waals surface area (Å²) in [7, 11) is 1.29. The number of nitrogens with one attached hydrogen (secondary N) is 1. The lowest BCUT2D eigenvalue weighted by atomic mass is 9.89. The molecule has 4 rings (SSSR count). The first-order valence-corrected chi connectivity index (χ1v) is 10.1. The minimum Gasteiger partial charge on any atom is -0.465 e. The number of nitrogens with zero attached hydrogens (tertiary/aromatic N) is 1. The van der Waals surface area contributed by atoms with Crippen LogP contribution in [-0.4, -0.2) is 56.9 Å². The summed E-state index contributed by atoms with van der Waals surface area (Å²) in [5.74, 6) is -1.63. The standard InChI is InChI=1S/C23H24N2O6/c1-23(14-15-5-3-4-6-17(15)21(27)31-23)22(28)24-19-8-7-16(13-18(19)20(26)29-2)25-9-11-30-12-10-25/h3-8,13H,9-12,14H2,1-2H3,(H,24,28). The number of cyclic esters (lactones) is 1. The first-order valence-electron chi connectivity index (χ1n) is 10.1. The molecule has 1 unspecified atom stereocenters. The lowest BCUT2D eigenvalue weighted by molar-refractivity contribution is -0.134. The molecule has 31 heavy (non-hydrogen) atoms. The minimum atomic E-state index is -1.40. The molecule has 1 fully saturated rings. The van der Waals surface area contributed by atoms with Gasteiger partial charge in [0.15, 0.2) is 5.60 Å². The number of rotatable bonds is 4. The number of fused-ring (bicyclic) bond motifs is 1. The second kappa shape index (κ2) is 8.39. The van der Waals surface area contributed by atoms with Crippen molar-refractivity contribution in [3.63, 3.8) is 0 Å². The van der Waals surface area contributed by atoms with E-state index in [-0.39, 0.29) is 12.0 Å². The summed E-state index contributed by atoms with van der Waals surface area (Å²) >= 11 is 0. The van der Waals surface area contributed by atoms with Crippen molar-refractivity contribution in [3.05, 3.63) is 59.2 Å². The molecule has 1 atom stereocenters. The van der Waals surface area contributed by atoms with Gasteiger partial charge in [-0.1, -0.05) is 18.2 Å². The molecule has 1 N–H and O–H groups in total. The van der Waals surface area contributed by atoms with Crippen LogP contribution in [0.2, 0.25) is 0 Å². The molecule has 8 nitrogen and oxygen atoms in total. The van der Waals surface area contributed by atoms with Gasteiger partial charge < -0.3 is 24.4 Å². The molecule has 1 saturated heterocycles. The van der Waals surface area contributed by atoms with Crippen molar-refractivity contribution in [1.29, 1.82) is 0 Å². The van der Waals surface area contributed by atoms with Crippen LogP contribution in [0.3, 0.4) is 0 Å². The summed E-state index contributed by atoms with van der Waals surface area (Å²) in [5.41, 5.74) is 1.16. The molecule has 2 aromatic rings. The zero-order chi connectivity index (χ0) is 22.0. The Morgan fingerprint density at radius 3 is 2.61 bits per heavy atom. The van der Waals surface area contributed by atoms with Crippen molar-refractivity contribution in [2.24, 2.45) is 0 Å². The number of morpholine rings is 1. The van der Waals surface area contributed by atoms with Crippen LogP contribution in [0.5, 0.6) is 0 Å². The van der Waals surface area contributed by atoms with Gasteiger partial charge in [-0.2, -0.15) is 0 Å². The Morgan fingerprint density at radius 1 is 1.13 bits per heavy atom. The summed E-state index contributed by atoms with van der Waals surface area (Å²) in [6.07, 6.45) is 0.236. The van der Waals surface area contributed by atoms with Gasteiger partial charge in [0.2, 0.25) is 0 Å². The van der Waals surface area contributed by atoms with E-state index in [0.717, 1.165) is 11.3 Å². The van der Waals surface area contributed by atoms with Crippen LogP contribution < -0.4 is 10.2 Å². The van der Waals surface area contributed by atoms with Crippen LogP contribution in [0.4, 0.5) is 11.4 Å². The zero-order valence-corrected chi connectivity index (χ0v) is 17.5. The lowest BCUT2D eigenvalue weighted by Gasteiger charge is -2.33. The molecule has 2 aliphatic rings. The Kier molecular flexibility index (Phi) is 5.65. The Morgan fingerprint density at radius 2 is 1.87 bits per heavy atom. The SMILES string of the molecule is COC(=O)c1cc(N2CCOCC2)ccc1NC(=O)C1(C)Cc2ccccc2C(=O)O1. The number of esters is 2. The molecule has 2 aromatic carbocycles. The monoisotopic (exact) mass is 424 g/mol. The maximum absolute atomic E-state index is 13.1. The van der Waals surface area contributed by atoms with E-state index in [1.165, 1.54) is 7.11 Å². The highest BCUT2D eigenvalue weighted by Crippen LogP contribution is 2.31. The van der Waals surface area contributed by atoms with E-state index in [9.17, 15) is 14.4 Å². The van der Waals surface area contributed by atoms with E-state index in [2.05, 4.69) is 10.2 Å². The molecule has 0 aliphatic carbocycles. The quantitative estimate of drug-likeness (QED) is 0.754. The number of hydrogen-bond acceptors (Lipinski definition) is 7. The van der Waals surface area contributed by atoms with E-state index in [1.807, 2.05) is 12.1 Å². The summed E-state index contributed by atoms with van der Waals surface area (Å²) in [4.78, 5) is 40.1. The molecule has 162 valence electrons. The normalized spacial score (nSPS) is 20.5. The van der Waals surface area contributed by atoms with Gasteiger partial charge in [-0.25, -0.2) is 9.59 Å². The number of anilines is 2. The number of ether oxygens (including phenoxy) is 3. The van der Waals surface area contributed by atoms with Gasteiger partial charge in [0.1, 0.15) is 0 Å². The van der Waals surface area contributed by atoms with Crippen molar-refractivity contribution in [2.45, 2.75) is 18.9 Å². The summed E-state index contributed by atoms with van der Waals surface area (Å²) in [5, 5.41) is 2.76. The predicted octanol–water partition coefficient (Wildman–Crippen LogP) is 2.42. The molecule has 0 saturated carbocycles. The van der Waals surface area contributed by atoms with Crippen LogP contribution >= 0.6 is 0 Å². The average molecular weight is 424 g/mol. The lowest BCUT2D eigenvalue weighted by Crippen LogP contribution is -2.49. The van der Waals surface area contributed by atoms with Crippen molar-refractivity contribution >= 4 is 29.2 Å². The van der Waals surface area contributed by atoms with Gasteiger partial charge >= 0.3 is 11.9 Å². The second-order valence-corrected chi connectivity index (χ2v) is 7.73. The van der Waals surface area contributed by atoms with Crippen LogP contribution in [0.1, 0.15) is 33.2 Å². The van der Waals surface area contributed by atoms with Gasteiger partial charge in [0.25, 0.3) is 5.91 Å². The highest BCUT2D eigenvalue weighted by atomic mass is 16.6. The number of benzene rings is 2. The topological polar surface area (TPSA) is 94.2 Å². The largest absolute Gasteiger partial charge is 0.465 e. The third-order valence-electron chi connectivity index (χ3n) is 5.60. The molecular weight excluding hydrogens is 400 g/mol. The van der Waals surface area contributed by atoms with Crippen LogP contribution in [-0.2, 0) is 25.4 Å². The smallest absolute Gasteiger partial charge is 0.340 e. The summed E-state index contributed by atoms with van der Waals surface area (Å²) in [6, 6.07) is 12.2. The Labute approximate surface area is 180 Å². The second-order valence-electron chi connectivity index (χ2n) is 7.73. The highest BCUT2D eigenvalue weighted by molar-refractivity contribution is 6.06. The van der Waals surface area contributed by atoms with Gasteiger partial charge in [0, 0.05) is 25.2 Å². The molecule has 0 spiro atoms. The maximum atomic E-state index is 13.1. The van der Waals surface area contributed by atoms with Gasteiger partial charge in [-0.3, -0.25) is 4.79 Å². The number of amides is 1. The van der Waals surface area contributed by atoms with Gasteiger partial charge in [-0.15, -0.1) is 0 Å². The number of carbonyl (C=O) groups excluding carboxylic acids is 3. The van der Waals surface area contributed by atoms with Gasteiger partial charge in [-0.05, 0) is 36.8 Å². The van der Waals surface area contributed by atoms with Crippen LogP contribution in [0, 0.1) is 0 Å². The first-order chi connectivity index (χ1) is 14.9. The fourth-order valence-electron chi connectivity index (χ4n) is 3.85. The molecule has 2 heterocycles. The predicted molar refractivity (Wildman–Crippen MR) is 113 cm³/mol. The Hall–Kier alpha value is -3.39. The maximum Gasteiger partial charge on any atom is 0.340 e. The molecular formula is C23H24N2O6. The number of methoxy groups -OCH3 is 1. The molecule has 1 amide bonds. The fourth-order valence-corrected chi connectivity index (χ4v) is 3.85. The molecule has 0 aromatic heterocycles. The zero-order valence-electron chi connectivity index (χ0n) is 17.5. The number of hydrogen-bond donors (Lipinski definition) is 1. The summed E-state index contributed by atoms with van der Waals surface area (Å²) in [6.45, 7) is 4.20. The minimum absolute atomic E-state index is 0.228. The molecule has 0 bridgehead atoms. The third kappa shape index (κ3) is 4.11. The third-order valence-corrected chi connectivity index (χ3v) is 5.60. The van der Waals surface area contributed by atoms with E-state index in [4.69, 9.17) is 14.2 Å². The molecule has 2 aliphatic heterocycles. The van der Waals surface area contributed by atoms with Crippen molar-refractivity contribution < 1.29 is 28.6 Å². The molecule has 0 radical (unpaired) electrons. The highest BCUT2D eigenvalue weighted by Gasteiger charge is 2.43. The van der Waals surface area contributed by atoms with E-state index >= 15 is 0 Å². The molecule has 8 heteroatoms. The number of carbonyl (C=O) groups is 3. The Balaban J connectivity index is 1.60. The van der Waals surface area contributed by atoms with E-state index in [1.54, 1.807) is 37.3 Å². The average Bonchev–Trinajstić information content (AvgIpc) is 2.79. The van der Waals surface area contributed by atoms with Crippen LogP contribution in [0.25, 0.3) is 0 Å². The van der Waals surface area contributed by atoms with E-state index in [0.29, 0.717) is 37.6 Å². The fraction of sp³-hybridized carbons (Fsp3) is 0.348. The van der Waals surface area contributed by atoms with Crippen LogP contribution in [0.15, 0.2) is 42.5 Å². The van der Waals surface area contributed by atoms with Crippen molar-refractivity contribution in [2.75, 3.05) is 43.6 Å². The van der Waals surface area contributed by atoms with E-state index < -0.39 is 23.4 Å². The first kappa shape index (κ1) is 20.9. The van der Waals surface area contributed by atoms with Crippen molar-refractivity contribution in [3.8, 4) is 0 Å². The Bertz CT molecular complexity index is 1030. The van der Waals surface area contributed by atoms with Gasteiger partial charge in [0.05, 0.1) is 37.1 Å².